The zero-order valence-corrected chi connectivity index (χ0v) is 9.81. The summed E-state index contributed by atoms with van der Waals surface area (Å²) in [7, 11) is 1.65. The zero-order valence-electron chi connectivity index (χ0n) is 9.81. The summed E-state index contributed by atoms with van der Waals surface area (Å²) in [5.74, 6) is -0.210. The molecule has 1 amide bonds. The van der Waals surface area contributed by atoms with Crippen LogP contribution in [0.4, 0.5) is 0 Å². The fourth-order valence-corrected chi connectivity index (χ4v) is 1.81. The molecule has 1 unspecified atom stereocenters. The van der Waals surface area contributed by atoms with Gasteiger partial charge < -0.3 is 14.6 Å². The highest BCUT2D eigenvalue weighted by molar-refractivity contribution is 5.94. The van der Waals surface area contributed by atoms with Gasteiger partial charge in [-0.25, -0.2) is 0 Å². The van der Waals surface area contributed by atoms with E-state index in [2.05, 4.69) is 5.32 Å². The van der Waals surface area contributed by atoms with Gasteiger partial charge in [0.2, 0.25) is 0 Å². The first kappa shape index (κ1) is 11.9. The van der Waals surface area contributed by atoms with Crippen molar-refractivity contribution >= 4 is 5.91 Å². The van der Waals surface area contributed by atoms with Crippen LogP contribution in [-0.2, 0) is 11.8 Å². The number of nitrogens with one attached hydrogen (secondary N) is 1. The molecule has 2 rings (SSSR count). The number of amides is 1. The minimum atomic E-state index is -0.210. The summed E-state index contributed by atoms with van der Waals surface area (Å²) < 4.78 is 6.71. The maximum Gasteiger partial charge on any atom is 0.251 e. The Morgan fingerprint density at radius 3 is 3.06 bits per heavy atom. The lowest BCUT2D eigenvalue weighted by atomic mass is 10.1. The van der Waals surface area contributed by atoms with Crippen molar-refractivity contribution < 1.29 is 9.53 Å². The van der Waals surface area contributed by atoms with Crippen molar-refractivity contribution in [2.45, 2.75) is 18.9 Å². The Balaban J connectivity index is 2.03. The van der Waals surface area contributed by atoms with Crippen LogP contribution < -0.4 is 10.9 Å². The smallest absolute Gasteiger partial charge is 0.251 e. The molecule has 0 aromatic carbocycles. The van der Waals surface area contributed by atoms with Gasteiger partial charge in [0, 0.05) is 31.5 Å². The SMILES string of the molecule is Cn1ccc(C(=O)NC2CCCOC2)cc1=O. The number of aromatic nitrogens is 1. The summed E-state index contributed by atoms with van der Waals surface area (Å²) in [6, 6.07) is 3.04. The quantitative estimate of drug-likeness (QED) is 0.803. The fourth-order valence-electron chi connectivity index (χ4n) is 1.81. The Morgan fingerprint density at radius 2 is 2.41 bits per heavy atom. The molecule has 5 nitrogen and oxygen atoms in total. The lowest BCUT2D eigenvalue weighted by Crippen LogP contribution is -2.41. The molecule has 0 bridgehead atoms. The Hall–Kier alpha value is -1.62. The van der Waals surface area contributed by atoms with Gasteiger partial charge in [-0.15, -0.1) is 0 Å². The molecule has 1 N–H and O–H groups in total. The molecule has 1 aromatic rings. The Labute approximate surface area is 99.4 Å². The maximum atomic E-state index is 11.9. The molecule has 1 atom stereocenters. The molecule has 0 spiro atoms. The van der Waals surface area contributed by atoms with Gasteiger partial charge in [0.1, 0.15) is 0 Å². The molecular weight excluding hydrogens is 220 g/mol. The summed E-state index contributed by atoms with van der Waals surface area (Å²) in [5, 5.41) is 2.87. The van der Waals surface area contributed by atoms with Crippen molar-refractivity contribution in [1.29, 1.82) is 0 Å². The first-order chi connectivity index (χ1) is 8.16. The van der Waals surface area contributed by atoms with E-state index >= 15 is 0 Å². The average Bonchev–Trinajstić information content (AvgIpc) is 2.34. The second-order valence-electron chi connectivity index (χ2n) is 4.25. The van der Waals surface area contributed by atoms with E-state index in [1.165, 1.54) is 10.6 Å². The standard InChI is InChI=1S/C12H16N2O3/c1-14-5-4-9(7-11(14)15)12(16)13-10-3-2-6-17-8-10/h4-5,7,10H,2-3,6,8H2,1H3,(H,13,16). The lowest BCUT2D eigenvalue weighted by Gasteiger charge is -2.23. The monoisotopic (exact) mass is 236 g/mol. The van der Waals surface area contributed by atoms with Crippen LogP contribution in [-0.4, -0.2) is 29.7 Å². The number of hydrogen-bond donors (Lipinski definition) is 1. The van der Waals surface area contributed by atoms with Crippen LogP contribution in [0.1, 0.15) is 23.2 Å². The number of nitrogens with zero attached hydrogens (tertiary/aromatic N) is 1. The maximum absolute atomic E-state index is 11.9. The van der Waals surface area contributed by atoms with Gasteiger partial charge in [-0.05, 0) is 18.9 Å². The summed E-state index contributed by atoms with van der Waals surface area (Å²) in [4.78, 5) is 23.3. The minimum absolute atomic E-state index is 0.0558. The molecule has 1 aromatic heterocycles. The molecule has 0 aliphatic carbocycles. The van der Waals surface area contributed by atoms with Crippen LogP contribution in [0.3, 0.4) is 0 Å². The van der Waals surface area contributed by atoms with Gasteiger partial charge in [-0.3, -0.25) is 9.59 Å². The number of ether oxygens (including phenoxy) is 1. The van der Waals surface area contributed by atoms with Gasteiger partial charge in [-0.1, -0.05) is 0 Å². The van der Waals surface area contributed by atoms with E-state index in [0.29, 0.717) is 12.2 Å². The number of carbonyl (C=O) groups is 1. The second-order valence-corrected chi connectivity index (χ2v) is 4.25. The Morgan fingerprint density at radius 1 is 1.59 bits per heavy atom. The first-order valence-electron chi connectivity index (χ1n) is 5.72. The van der Waals surface area contributed by atoms with E-state index < -0.39 is 0 Å². The van der Waals surface area contributed by atoms with Crippen molar-refractivity contribution in [2.75, 3.05) is 13.2 Å². The summed E-state index contributed by atoms with van der Waals surface area (Å²) in [6.45, 7) is 1.31. The van der Waals surface area contributed by atoms with Gasteiger partial charge in [0.05, 0.1) is 12.6 Å². The summed E-state index contributed by atoms with van der Waals surface area (Å²) in [5.41, 5.74) is 0.219. The Bertz CT molecular complexity index is 461. The molecule has 1 aliphatic rings. The average molecular weight is 236 g/mol. The van der Waals surface area contributed by atoms with E-state index in [1.807, 2.05) is 0 Å². The predicted octanol–water partition coefficient (Wildman–Crippen LogP) is 0.294. The predicted molar refractivity (Wildman–Crippen MR) is 63.0 cm³/mol. The Kier molecular flexibility index (Phi) is 3.58. The third-order valence-electron chi connectivity index (χ3n) is 2.86. The molecular formula is C12H16N2O3. The third kappa shape index (κ3) is 2.94. The fraction of sp³-hybridized carbons (Fsp3) is 0.500. The summed E-state index contributed by atoms with van der Waals surface area (Å²) >= 11 is 0. The highest BCUT2D eigenvalue weighted by Gasteiger charge is 2.17. The van der Waals surface area contributed by atoms with E-state index in [1.54, 1.807) is 19.3 Å². The van der Waals surface area contributed by atoms with E-state index in [0.717, 1.165) is 19.4 Å². The van der Waals surface area contributed by atoms with E-state index in [-0.39, 0.29) is 17.5 Å². The van der Waals surface area contributed by atoms with Crippen molar-refractivity contribution in [3.8, 4) is 0 Å². The van der Waals surface area contributed by atoms with Crippen LogP contribution >= 0.6 is 0 Å². The molecule has 1 aliphatic heterocycles. The van der Waals surface area contributed by atoms with Crippen LogP contribution in [0, 0.1) is 0 Å². The molecule has 1 saturated heterocycles. The van der Waals surface area contributed by atoms with Crippen molar-refractivity contribution in [3.63, 3.8) is 0 Å². The van der Waals surface area contributed by atoms with Crippen LogP contribution in [0.2, 0.25) is 0 Å². The molecule has 92 valence electrons. The molecule has 0 radical (unpaired) electrons. The zero-order chi connectivity index (χ0) is 12.3. The van der Waals surface area contributed by atoms with Crippen molar-refractivity contribution in [2.24, 2.45) is 7.05 Å². The van der Waals surface area contributed by atoms with E-state index in [9.17, 15) is 9.59 Å². The third-order valence-corrected chi connectivity index (χ3v) is 2.86. The van der Waals surface area contributed by atoms with Gasteiger partial charge >= 0.3 is 0 Å². The molecule has 17 heavy (non-hydrogen) atoms. The van der Waals surface area contributed by atoms with Crippen LogP contribution in [0.5, 0.6) is 0 Å². The number of pyridine rings is 1. The number of hydrogen-bond acceptors (Lipinski definition) is 3. The minimum Gasteiger partial charge on any atom is -0.379 e. The number of carbonyl (C=O) groups excluding carboxylic acids is 1. The molecule has 1 fully saturated rings. The number of aryl methyl sites for hydroxylation is 1. The molecule has 2 heterocycles. The van der Waals surface area contributed by atoms with E-state index in [4.69, 9.17) is 4.74 Å². The lowest BCUT2D eigenvalue weighted by molar-refractivity contribution is 0.0624. The topological polar surface area (TPSA) is 60.3 Å². The second kappa shape index (κ2) is 5.14. The summed E-state index contributed by atoms with van der Waals surface area (Å²) in [6.07, 6.45) is 3.48. The van der Waals surface area contributed by atoms with Crippen LogP contribution in [0.15, 0.2) is 23.1 Å². The highest BCUT2D eigenvalue weighted by Crippen LogP contribution is 2.06. The van der Waals surface area contributed by atoms with Gasteiger partial charge in [0.15, 0.2) is 0 Å². The first-order valence-corrected chi connectivity index (χ1v) is 5.72. The van der Waals surface area contributed by atoms with Gasteiger partial charge in [0.25, 0.3) is 11.5 Å². The molecule has 0 saturated carbocycles. The normalized spacial score (nSPS) is 19.9. The largest absolute Gasteiger partial charge is 0.379 e. The van der Waals surface area contributed by atoms with Crippen molar-refractivity contribution in [3.05, 3.63) is 34.2 Å². The molecule has 5 heteroatoms. The number of rotatable bonds is 2. The van der Waals surface area contributed by atoms with Crippen LogP contribution in [0.25, 0.3) is 0 Å². The van der Waals surface area contributed by atoms with Crippen molar-refractivity contribution in [1.82, 2.24) is 9.88 Å². The highest BCUT2D eigenvalue weighted by atomic mass is 16.5. The van der Waals surface area contributed by atoms with Gasteiger partial charge in [-0.2, -0.15) is 0 Å².